The van der Waals surface area contributed by atoms with Gasteiger partial charge in [-0.25, -0.2) is 4.39 Å². The van der Waals surface area contributed by atoms with Crippen LogP contribution in [0.5, 0.6) is 0 Å². The van der Waals surface area contributed by atoms with Crippen molar-refractivity contribution < 1.29 is 18.7 Å². The fraction of sp³-hybridized carbons (Fsp3) is 0.455. The number of piperidine rings is 1. The van der Waals surface area contributed by atoms with Crippen molar-refractivity contribution in [3.05, 3.63) is 81.8 Å². The number of amides is 2. The first-order chi connectivity index (χ1) is 19.7. The van der Waals surface area contributed by atoms with Gasteiger partial charge in [-0.2, -0.15) is 0 Å². The second-order valence-corrected chi connectivity index (χ2v) is 13.5. The lowest BCUT2D eigenvalue weighted by atomic mass is 9.86. The summed E-state index contributed by atoms with van der Waals surface area (Å²) in [6.45, 7) is 11.0. The number of halogens is 1. The molecule has 1 aliphatic carbocycles. The molecule has 2 aliphatic heterocycles. The summed E-state index contributed by atoms with van der Waals surface area (Å²) in [4.78, 5) is 33.0. The van der Waals surface area contributed by atoms with Gasteiger partial charge in [0, 0.05) is 38.4 Å². The van der Waals surface area contributed by atoms with Gasteiger partial charge in [0.15, 0.2) is 0 Å². The Hall–Kier alpha value is -3.23. The molecule has 6 nitrogen and oxygen atoms in total. The third-order valence-electron chi connectivity index (χ3n) is 8.86. The van der Waals surface area contributed by atoms with E-state index in [2.05, 4.69) is 45.0 Å². The van der Waals surface area contributed by atoms with E-state index in [9.17, 15) is 9.59 Å². The molecule has 6 rings (SSSR count). The van der Waals surface area contributed by atoms with Crippen molar-refractivity contribution in [2.24, 2.45) is 17.8 Å². The molecule has 216 valence electrons. The normalized spacial score (nSPS) is 22.0. The molecule has 1 aromatic heterocycles. The third kappa shape index (κ3) is 5.90. The average Bonchev–Trinajstić information content (AvgIpc) is 3.35. The summed E-state index contributed by atoms with van der Waals surface area (Å²) in [6.07, 6.45) is 0.409. The van der Waals surface area contributed by atoms with E-state index in [1.165, 1.54) is 23.0 Å². The summed E-state index contributed by atoms with van der Waals surface area (Å²) < 4.78 is 20.7. The lowest BCUT2D eigenvalue weighted by molar-refractivity contribution is -0.130. The zero-order chi connectivity index (χ0) is 28.7. The number of carbonyl (C=O) groups is 2. The molecule has 3 heterocycles. The predicted octanol–water partition coefficient (Wildman–Crippen LogP) is 5.62. The largest absolute Gasteiger partial charge is 0.378 e. The van der Waals surface area contributed by atoms with Crippen LogP contribution in [0, 0.1) is 23.6 Å². The molecule has 3 fully saturated rings. The van der Waals surface area contributed by atoms with Gasteiger partial charge in [-0.05, 0) is 63.9 Å². The number of benzene rings is 2. The molecule has 0 N–H and O–H groups in total. The van der Waals surface area contributed by atoms with Gasteiger partial charge in [-0.15, -0.1) is 11.3 Å². The van der Waals surface area contributed by atoms with Crippen LogP contribution >= 0.6 is 11.3 Å². The Balaban J connectivity index is 1.11. The minimum atomic E-state index is -0.323. The second-order valence-electron chi connectivity index (χ2n) is 12.5. The van der Waals surface area contributed by atoms with Crippen molar-refractivity contribution in [2.75, 3.05) is 55.7 Å². The maximum absolute atomic E-state index is 15.3. The van der Waals surface area contributed by atoms with E-state index in [1.54, 1.807) is 11.0 Å². The molecule has 0 bridgehead atoms. The number of hydrogen-bond donors (Lipinski definition) is 0. The molecule has 3 aromatic rings. The zero-order valence-corrected chi connectivity index (χ0v) is 24.8. The number of morpholine rings is 1. The Morgan fingerprint density at radius 3 is 2.34 bits per heavy atom. The standard InChI is InChI=1S/C33H38FN3O3S/c1-33(2,3)23-8-6-22(7-9-23)17-31(38)36-19-25-26(20-36)27(25)21-37(32(39)30-5-4-16-41-30)24-10-11-29(28(34)18-24)35-12-14-40-15-13-35/h4-11,16,18,25-27H,12-15,17,19-21H2,1-3H3. The van der Waals surface area contributed by atoms with Crippen LogP contribution in [0.1, 0.15) is 41.6 Å². The van der Waals surface area contributed by atoms with Gasteiger partial charge in [0.25, 0.3) is 5.91 Å². The zero-order valence-electron chi connectivity index (χ0n) is 24.0. The minimum Gasteiger partial charge on any atom is -0.378 e. The van der Waals surface area contributed by atoms with Crippen LogP contribution in [0.2, 0.25) is 0 Å². The van der Waals surface area contributed by atoms with E-state index >= 15 is 4.39 Å². The van der Waals surface area contributed by atoms with Crippen LogP contribution in [0.4, 0.5) is 15.8 Å². The molecule has 1 saturated carbocycles. The molecule has 2 amide bonds. The van der Waals surface area contributed by atoms with E-state index in [0.717, 1.165) is 18.7 Å². The van der Waals surface area contributed by atoms with E-state index in [0.29, 0.717) is 73.3 Å². The summed E-state index contributed by atoms with van der Waals surface area (Å²) >= 11 is 1.40. The highest BCUT2D eigenvalue weighted by Crippen LogP contribution is 2.52. The summed E-state index contributed by atoms with van der Waals surface area (Å²) in [5.41, 5.74) is 3.51. The minimum absolute atomic E-state index is 0.0864. The van der Waals surface area contributed by atoms with Gasteiger partial charge >= 0.3 is 0 Å². The number of thiophene rings is 1. The van der Waals surface area contributed by atoms with Gasteiger partial charge in [-0.1, -0.05) is 51.1 Å². The number of nitrogens with zero attached hydrogens (tertiary/aromatic N) is 3. The van der Waals surface area contributed by atoms with Crippen molar-refractivity contribution in [3.63, 3.8) is 0 Å². The Labute approximate surface area is 245 Å². The maximum atomic E-state index is 15.3. The highest BCUT2D eigenvalue weighted by atomic mass is 32.1. The SMILES string of the molecule is CC(C)(C)c1ccc(CC(=O)N2CC3C(C2)C3CN(C(=O)c2cccs2)c2ccc(N3CCOCC3)c(F)c2)cc1. The van der Waals surface area contributed by atoms with E-state index in [-0.39, 0.29) is 23.0 Å². The molecule has 2 unspecified atom stereocenters. The van der Waals surface area contributed by atoms with Crippen molar-refractivity contribution in [2.45, 2.75) is 32.6 Å². The molecule has 0 spiro atoms. The second kappa shape index (κ2) is 11.2. The molecule has 3 aliphatic rings. The number of hydrogen-bond acceptors (Lipinski definition) is 5. The van der Waals surface area contributed by atoms with Gasteiger partial charge in [0.05, 0.1) is 30.2 Å². The monoisotopic (exact) mass is 575 g/mol. The quantitative estimate of drug-likeness (QED) is 0.367. The summed E-state index contributed by atoms with van der Waals surface area (Å²) in [5.74, 6) is 0.784. The molecule has 8 heteroatoms. The van der Waals surface area contributed by atoms with Gasteiger partial charge in [-0.3, -0.25) is 9.59 Å². The molecule has 2 atom stereocenters. The topological polar surface area (TPSA) is 53.1 Å². The van der Waals surface area contributed by atoms with E-state index in [1.807, 2.05) is 33.4 Å². The number of carbonyl (C=O) groups excluding carboxylic acids is 2. The number of anilines is 2. The molecule has 0 radical (unpaired) electrons. The van der Waals surface area contributed by atoms with Gasteiger partial charge in [0.2, 0.25) is 5.91 Å². The van der Waals surface area contributed by atoms with Crippen molar-refractivity contribution in [3.8, 4) is 0 Å². The Morgan fingerprint density at radius 1 is 1.02 bits per heavy atom. The maximum Gasteiger partial charge on any atom is 0.268 e. The van der Waals surface area contributed by atoms with Crippen LogP contribution in [0.25, 0.3) is 0 Å². The first kappa shape index (κ1) is 27.9. The number of rotatable bonds is 7. The molecular formula is C33H38FN3O3S. The lowest BCUT2D eigenvalue weighted by Crippen LogP contribution is -2.38. The van der Waals surface area contributed by atoms with Crippen molar-refractivity contribution in [1.82, 2.24) is 4.90 Å². The summed E-state index contributed by atoms with van der Waals surface area (Å²) in [5, 5.41) is 1.89. The van der Waals surface area contributed by atoms with Crippen LogP contribution < -0.4 is 9.80 Å². The van der Waals surface area contributed by atoms with Crippen LogP contribution in [-0.2, 0) is 21.4 Å². The third-order valence-corrected chi connectivity index (χ3v) is 9.72. The Bertz CT molecular complexity index is 1380. The average molecular weight is 576 g/mol. The molecule has 2 aromatic carbocycles. The smallest absolute Gasteiger partial charge is 0.268 e. The number of ether oxygens (including phenoxy) is 1. The first-order valence-electron chi connectivity index (χ1n) is 14.5. The highest BCUT2D eigenvalue weighted by molar-refractivity contribution is 7.12. The van der Waals surface area contributed by atoms with Crippen LogP contribution in [0.3, 0.4) is 0 Å². The summed E-state index contributed by atoms with van der Waals surface area (Å²) in [7, 11) is 0. The van der Waals surface area contributed by atoms with Crippen molar-refractivity contribution >= 4 is 34.5 Å². The summed E-state index contributed by atoms with van der Waals surface area (Å²) in [6, 6.07) is 17.2. The number of likely N-dealkylation sites (tertiary alicyclic amines) is 1. The Kier molecular flexibility index (Phi) is 7.64. The lowest BCUT2D eigenvalue weighted by Gasteiger charge is -2.30. The fourth-order valence-electron chi connectivity index (χ4n) is 6.31. The highest BCUT2D eigenvalue weighted by Gasteiger charge is 2.57. The van der Waals surface area contributed by atoms with Crippen LogP contribution in [0.15, 0.2) is 60.0 Å². The van der Waals surface area contributed by atoms with Crippen molar-refractivity contribution in [1.29, 1.82) is 0 Å². The number of fused-ring (bicyclic) bond motifs is 1. The fourth-order valence-corrected chi connectivity index (χ4v) is 6.98. The molecule has 2 saturated heterocycles. The molecule has 41 heavy (non-hydrogen) atoms. The van der Waals surface area contributed by atoms with Gasteiger partial charge < -0.3 is 19.4 Å². The Morgan fingerprint density at radius 2 is 1.73 bits per heavy atom. The van der Waals surface area contributed by atoms with Gasteiger partial charge in [0.1, 0.15) is 5.82 Å². The first-order valence-corrected chi connectivity index (χ1v) is 15.4. The molecular weight excluding hydrogens is 537 g/mol. The van der Waals surface area contributed by atoms with Crippen LogP contribution in [-0.4, -0.2) is 62.7 Å². The predicted molar refractivity (Wildman–Crippen MR) is 161 cm³/mol. The van der Waals surface area contributed by atoms with E-state index < -0.39 is 0 Å². The van der Waals surface area contributed by atoms with E-state index in [4.69, 9.17) is 4.74 Å².